The molecule has 11 heteroatoms. The first-order chi connectivity index (χ1) is 13.1. The summed E-state index contributed by atoms with van der Waals surface area (Å²) >= 11 is 2.84. The van der Waals surface area contributed by atoms with Crippen LogP contribution in [0.3, 0.4) is 0 Å². The maximum absolute atomic E-state index is 12.5. The van der Waals surface area contributed by atoms with E-state index >= 15 is 0 Å². The molecule has 0 saturated carbocycles. The summed E-state index contributed by atoms with van der Waals surface area (Å²) in [6.07, 6.45) is 5.48. The molecule has 0 radical (unpaired) electrons. The van der Waals surface area contributed by atoms with Crippen LogP contribution >= 0.6 is 23.1 Å². The minimum atomic E-state index is -0.277. The molecule has 3 aromatic heterocycles. The second-order valence-electron chi connectivity index (χ2n) is 5.52. The third-order valence-electron chi connectivity index (χ3n) is 3.66. The molecule has 0 spiro atoms. The Morgan fingerprint density at radius 2 is 2.22 bits per heavy atom. The van der Waals surface area contributed by atoms with Gasteiger partial charge in [-0.3, -0.25) is 9.48 Å². The second kappa shape index (κ2) is 7.29. The number of aromatic nitrogens is 7. The molecule has 136 valence electrons. The lowest BCUT2D eigenvalue weighted by Gasteiger charge is -2.07. The molecule has 4 aromatic rings. The highest BCUT2D eigenvalue weighted by molar-refractivity contribution is 7.98. The molecule has 4 rings (SSSR count). The quantitative estimate of drug-likeness (QED) is 0.515. The van der Waals surface area contributed by atoms with E-state index in [4.69, 9.17) is 0 Å². The summed E-state index contributed by atoms with van der Waals surface area (Å²) in [6, 6.07) is 7.31. The highest BCUT2D eigenvalue weighted by Gasteiger charge is 2.14. The largest absolute Gasteiger partial charge is 0.321 e. The third kappa shape index (κ3) is 3.59. The molecule has 27 heavy (non-hydrogen) atoms. The topological polar surface area (TPSA) is 103 Å². The van der Waals surface area contributed by atoms with Crippen molar-refractivity contribution in [2.75, 3.05) is 11.6 Å². The van der Waals surface area contributed by atoms with Gasteiger partial charge in [-0.2, -0.15) is 9.78 Å². The first kappa shape index (κ1) is 17.4. The van der Waals surface area contributed by atoms with E-state index in [9.17, 15) is 4.79 Å². The van der Waals surface area contributed by atoms with Gasteiger partial charge in [-0.25, -0.2) is 4.98 Å². The molecule has 1 aromatic carbocycles. The van der Waals surface area contributed by atoms with Crippen molar-refractivity contribution >= 4 is 34.7 Å². The Kier molecular flexibility index (Phi) is 4.69. The normalized spacial score (nSPS) is 10.9. The zero-order chi connectivity index (χ0) is 18.8. The van der Waals surface area contributed by atoms with Crippen LogP contribution in [0.15, 0.2) is 47.2 Å². The van der Waals surface area contributed by atoms with E-state index in [-0.39, 0.29) is 5.91 Å². The number of anilines is 1. The van der Waals surface area contributed by atoms with Crippen LogP contribution < -0.4 is 5.32 Å². The van der Waals surface area contributed by atoms with Gasteiger partial charge in [0.05, 0.1) is 11.9 Å². The van der Waals surface area contributed by atoms with E-state index < -0.39 is 0 Å². The maximum atomic E-state index is 12.5. The predicted octanol–water partition coefficient (Wildman–Crippen LogP) is 2.49. The van der Waals surface area contributed by atoms with E-state index in [2.05, 4.69) is 30.9 Å². The van der Waals surface area contributed by atoms with Gasteiger partial charge < -0.3 is 5.32 Å². The lowest BCUT2D eigenvalue weighted by atomic mass is 10.2. The van der Waals surface area contributed by atoms with Crippen LogP contribution in [0.4, 0.5) is 5.69 Å². The number of carbonyl (C=O) groups is 1. The smallest absolute Gasteiger partial charge is 0.275 e. The molecule has 0 aliphatic carbocycles. The number of aryl methyl sites for hydroxylation is 1. The maximum Gasteiger partial charge on any atom is 0.275 e. The van der Waals surface area contributed by atoms with Gasteiger partial charge in [-0.05, 0) is 34.9 Å². The Morgan fingerprint density at radius 1 is 1.33 bits per heavy atom. The van der Waals surface area contributed by atoms with Gasteiger partial charge >= 0.3 is 0 Å². The summed E-state index contributed by atoms with van der Waals surface area (Å²) < 4.78 is 3.31. The van der Waals surface area contributed by atoms with Crippen molar-refractivity contribution in [1.29, 1.82) is 0 Å². The van der Waals surface area contributed by atoms with Crippen LogP contribution in [-0.2, 0) is 7.05 Å². The number of thioether (sulfide) groups is 1. The molecular weight excluding hydrogens is 384 g/mol. The van der Waals surface area contributed by atoms with Gasteiger partial charge in [-0.15, -0.1) is 16.4 Å². The van der Waals surface area contributed by atoms with Crippen molar-refractivity contribution in [3.8, 4) is 16.3 Å². The van der Waals surface area contributed by atoms with Crippen LogP contribution in [0.2, 0.25) is 0 Å². The van der Waals surface area contributed by atoms with Crippen molar-refractivity contribution in [3.05, 3.63) is 47.7 Å². The van der Waals surface area contributed by atoms with Crippen LogP contribution in [0.5, 0.6) is 0 Å². The summed E-state index contributed by atoms with van der Waals surface area (Å²) in [5.41, 5.74) is 2.63. The number of carbonyl (C=O) groups excluding carboxylic acids is 1. The van der Waals surface area contributed by atoms with Gasteiger partial charge in [0.2, 0.25) is 5.16 Å². The number of rotatable bonds is 5. The zero-order valence-electron chi connectivity index (χ0n) is 14.4. The highest BCUT2D eigenvalue weighted by Crippen LogP contribution is 2.24. The van der Waals surface area contributed by atoms with E-state index in [1.54, 1.807) is 27.0 Å². The van der Waals surface area contributed by atoms with Gasteiger partial charge in [0.15, 0.2) is 0 Å². The fraction of sp³-hybridized carbons (Fsp3) is 0.125. The Bertz CT molecular complexity index is 1100. The van der Waals surface area contributed by atoms with Gasteiger partial charge in [0, 0.05) is 29.9 Å². The highest BCUT2D eigenvalue weighted by atomic mass is 32.2. The van der Waals surface area contributed by atoms with E-state index in [1.807, 2.05) is 37.7 Å². The van der Waals surface area contributed by atoms with Crippen molar-refractivity contribution < 1.29 is 4.79 Å². The molecule has 9 nitrogen and oxygen atoms in total. The molecule has 1 N–H and O–H groups in total. The predicted molar refractivity (Wildman–Crippen MR) is 103 cm³/mol. The Hall–Kier alpha value is -3.05. The first-order valence-corrected chi connectivity index (χ1v) is 9.93. The van der Waals surface area contributed by atoms with Crippen LogP contribution in [0.25, 0.3) is 16.3 Å². The van der Waals surface area contributed by atoms with Crippen molar-refractivity contribution in [1.82, 2.24) is 35.0 Å². The Morgan fingerprint density at radius 3 is 3.00 bits per heavy atom. The Balaban J connectivity index is 1.53. The SMILES string of the molecule is CSc1nnnn1-c1cccc(NC(=O)c2csc(-c3cnn(C)c3)n2)c1. The minimum Gasteiger partial charge on any atom is -0.321 e. The van der Waals surface area contributed by atoms with Crippen molar-refractivity contribution in [2.45, 2.75) is 5.16 Å². The van der Waals surface area contributed by atoms with Gasteiger partial charge in [0.25, 0.3) is 5.91 Å². The van der Waals surface area contributed by atoms with Crippen molar-refractivity contribution in [3.63, 3.8) is 0 Å². The standard InChI is InChI=1S/C16H14N8OS2/c1-23-8-10(7-17-23)15-19-13(9-27-15)14(25)18-11-4-3-5-12(6-11)24-16(26-2)20-21-22-24/h3-9H,1-2H3,(H,18,25). The number of nitrogens with zero attached hydrogens (tertiary/aromatic N) is 7. The molecule has 0 aliphatic heterocycles. The summed E-state index contributed by atoms with van der Waals surface area (Å²) in [5, 5.41) is 21.7. The summed E-state index contributed by atoms with van der Waals surface area (Å²) in [4.78, 5) is 16.9. The molecule has 0 bridgehead atoms. The number of hydrogen-bond donors (Lipinski definition) is 1. The van der Waals surface area contributed by atoms with Crippen molar-refractivity contribution in [2.24, 2.45) is 7.05 Å². The molecule has 3 heterocycles. The zero-order valence-corrected chi connectivity index (χ0v) is 16.0. The molecule has 1 amide bonds. The molecule has 0 atom stereocenters. The average molecular weight is 398 g/mol. The fourth-order valence-corrected chi connectivity index (χ4v) is 3.63. The average Bonchev–Trinajstić information content (AvgIpc) is 3.41. The molecule has 0 aliphatic rings. The van der Waals surface area contributed by atoms with E-state index in [0.717, 1.165) is 16.3 Å². The molecule has 0 fully saturated rings. The van der Waals surface area contributed by atoms with Crippen LogP contribution in [-0.4, -0.2) is 47.1 Å². The van der Waals surface area contributed by atoms with Gasteiger partial charge in [-0.1, -0.05) is 17.8 Å². The van der Waals surface area contributed by atoms with Crippen LogP contribution in [0, 0.1) is 0 Å². The molecular formula is C16H14N8OS2. The number of nitrogens with one attached hydrogen (secondary N) is 1. The number of hydrogen-bond acceptors (Lipinski definition) is 8. The number of benzene rings is 1. The number of amides is 1. The van der Waals surface area contributed by atoms with E-state index in [1.165, 1.54) is 23.1 Å². The Labute approximate surface area is 162 Å². The molecule has 0 saturated heterocycles. The first-order valence-electron chi connectivity index (χ1n) is 7.83. The summed E-state index contributed by atoms with van der Waals surface area (Å²) in [6.45, 7) is 0. The minimum absolute atomic E-state index is 0.277. The number of thiazole rings is 1. The third-order valence-corrected chi connectivity index (χ3v) is 5.17. The molecule has 0 unspecified atom stereocenters. The monoisotopic (exact) mass is 398 g/mol. The van der Waals surface area contributed by atoms with Gasteiger partial charge in [0.1, 0.15) is 10.7 Å². The lowest BCUT2D eigenvalue weighted by molar-refractivity contribution is 0.102. The lowest BCUT2D eigenvalue weighted by Crippen LogP contribution is -2.12. The fourth-order valence-electron chi connectivity index (χ4n) is 2.42. The van der Waals surface area contributed by atoms with Crippen LogP contribution in [0.1, 0.15) is 10.5 Å². The summed E-state index contributed by atoms with van der Waals surface area (Å²) in [7, 11) is 1.84. The second-order valence-corrected chi connectivity index (χ2v) is 7.15. The summed E-state index contributed by atoms with van der Waals surface area (Å²) in [5.74, 6) is -0.277. The number of tetrazole rings is 1. The van der Waals surface area contributed by atoms with E-state index in [0.29, 0.717) is 16.5 Å².